The number of esters is 1. The van der Waals surface area contributed by atoms with E-state index < -0.39 is 0 Å². The van der Waals surface area contributed by atoms with E-state index in [4.69, 9.17) is 0 Å². The molecule has 0 unspecified atom stereocenters. The average molecular weight is 350 g/mol. The Morgan fingerprint density at radius 3 is 2.88 bits per heavy atom. The summed E-state index contributed by atoms with van der Waals surface area (Å²) in [5.74, 6) is 1.17. The number of aromatic nitrogens is 6. The van der Waals surface area contributed by atoms with Gasteiger partial charge >= 0.3 is 5.97 Å². The summed E-state index contributed by atoms with van der Waals surface area (Å²) in [6.45, 7) is 2.67. The molecule has 0 atom stereocenters. The minimum atomic E-state index is -0.332. The molecule has 11 heteroatoms. The van der Waals surface area contributed by atoms with Crippen LogP contribution in [-0.2, 0) is 9.53 Å². The second kappa shape index (κ2) is 7.43. The number of anilines is 2. The van der Waals surface area contributed by atoms with Gasteiger partial charge in [0.25, 0.3) is 5.95 Å². The molecule has 10 nitrogen and oxygen atoms in total. The Morgan fingerprint density at radius 1 is 1.38 bits per heavy atom. The number of hydrogen-bond acceptors (Lipinski definition) is 10. The van der Waals surface area contributed by atoms with Crippen LogP contribution in [0.25, 0.3) is 5.95 Å². The Kier molecular flexibility index (Phi) is 5.08. The Morgan fingerprint density at radius 2 is 2.17 bits per heavy atom. The molecule has 128 valence electrons. The van der Waals surface area contributed by atoms with E-state index in [1.54, 1.807) is 0 Å². The first-order valence-corrected chi connectivity index (χ1v) is 8.54. The van der Waals surface area contributed by atoms with Crippen molar-refractivity contribution in [2.45, 2.75) is 31.0 Å². The number of carbonyl (C=O) groups is 1. The highest BCUT2D eigenvalue weighted by Gasteiger charge is 2.23. The molecule has 0 aliphatic heterocycles. The summed E-state index contributed by atoms with van der Waals surface area (Å²) in [5, 5.41) is 11.0. The van der Waals surface area contributed by atoms with Crippen LogP contribution in [0, 0.1) is 0 Å². The SMILES string of the molecule is CCNc1nc(NC2CC2)nc(-n2cnc(SCC(=O)OC)n2)n1. The van der Waals surface area contributed by atoms with Gasteiger partial charge in [-0.1, -0.05) is 11.8 Å². The molecule has 0 aromatic carbocycles. The number of carbonyl (C=O) groups excluding carboxylic acids is 1. The lowest BCUT2D eigenvalue weighted by atomic mass is 10.6. The van der Waals surface area contributed by atoms with Crippen molar-refractivity contribution in [3.63, 3.8) is 0 Å². The molecule has 1 aliphatic rings. The minimum absolute atomic E-state index is 0.148. The Labute approximate surface area is 142 Å². The maximum atomic E-state index is 11.2. The van der Waals surface area contributed by atoms with Crippen molar-refractivity contribution in [2.75, 3.05) is 30.0 Å². The van der Waals surface area contributed by atoms with E-state index in [0.29, 0.717) is 35.6 Å². The van der Waals surface area contributed by atoms with E-state index in [0.717, 1.165) is 12.8 Å². The molecule has 2 N–H and O–H groups in total. The first-order valence-electron chi connectivity index (χ1n) is 7.56. The lowest BCUT2D eigenvalue weighted by molar-refractivity contribution is -0.137. The second-order valence-corrected chi connectivity index (χ2v) is 6.01. The topological polar surface area (TPSA) is 120 Å². The highest BCUT2D eigenvalue weighted by atomic mass is 32.2. The van der Waals surface area contributed by atoms with Gasteiger partial charge in [-0.25, -0.2) is 4.98 Å². The van der Waals surface area contributed by atoms with Gasteiger partial charge < -0.3 is 15.4 Å². The zero-order valence-corrected chi connectivity index (χ0v) is 14.2. The number of ether oxygens (including phenoxy) is 1. The van der Waals surface area contributed by atoms with Gasteiger partial charge in [-0.2, -0.15) is 19.6 Å². The quantitative estimate of drug-likeness (QED) is 0.520. The fraction of sp³-hybridized carbons (Fsp3) is 0.538. The van der Waals surface area contributed by atoms with Crippen molar-refractivity contribution < 1.29 is 9.53 Å². The van der Waals surface area contributed by atoms with Gasteiger partial charge in [-0.05, 0) is 19.8 Å². The summed E-state index contributed by atoms with van der Waals surface area (Å²) in [4.78, 5) is 28.4. The van der Waals surface area contributed by atoms with Crippen LogP contribution in [0.2, 0.25) is 0 Å². The molecule has 1 aliphatic carbocycles. The highest BCUT2D eigenvalue weighted by molar-refractivity contribution is 7.99. The molecule has 3 rings (SSSR count). The number of hydrogen-bond donors (Lipinski definition) is 2. The molecule has 0 saturated heterocycles. The van der Waals surface area contributed by atoms with Gasteiger partial charge in [-0.3, -0.25) is 4.79 Å². The normalized spacial score (nSPS) is 13.6. The zero-order chi connectivity index (χ0) is 16.9. The van der Waals surface area contributed by atoms with Gasteiger partial charge in [0.1, 0.15) is 6.33 Å². The van der Waals surface area contributed by atoms with Gasteiger partial charge in [0, 0.05) is 12.6 Å². The summed E-state index contributed by atoms with van der Waals surface area (Å²) in [5.41, 5.74) is 0. The van der Waals surface area contributed by atoms with E-state index in [-0.39, 0.29) is 11.7 Å². The Hall–Kier alpha value is -2.43. The van der Waals surface area contributed by atoms with Gasteiger partial charge in [0.15, 0.2) is 0 Å². The minimum Gasteiger partial charge on any atom is -0.468 e. The lowest BCUT2D eigenvalue weighted by Crippen LogP contribution is -2.13. The van der Waals surface area contributed by atoms with Crippen molar-refractivity contribution in [3.05, 3.63) is 6.33 Å². The van der Waals surface area contributed by atoms with Crippen LogP contribution >= 0.6 is 11.8 Å². The standard InChI is InChI=1S/C13H18N8O2S/c1-3-14-10-17-11(16-8-4-5-8)19-12(18-10)21-7-15-13(20-21)24-6-9(22)23-2/h7-8H,3-6H2,1-2H3,(H2,14,16,17,18,19). The van der Waals surface area contributed by atoms with E-state index in [9.17, 15) is 4.79 Å². The summed E-state index contributed by atoms with van der Waals surface area (Å²) >= 11 is 1.19. The van der Waals surface area contributed by atoms with Crippen molar-refractivity contribution >= 4 is 29.6 Å². The van der Waals surface area contributed by atoms with Crippen molar-refractivity contribution in [2.24, 2.45) is 0 Å². The maximum Gasteiger partial charge on any atom is 0.316 e. The molecule has 1 fully saturated rings. The largest absolute Gasteiger partial charge is 0.468 e. The van der Waals surface area contributed by atoms with Crippen LogP contribution in [0.5, 0.6) is 0 Å². The predicted molar refractivity (Wildman–Crippen MR) is 88.3 cm³/mol. The first kappa shape index (κ1) is 16.4. The first-order chi connectivity index (χ1) is 11.7. The van der Waals surface area contributed by atoms with Crippen LogP contribution in [-0.4, -0.2) is 61.1 Å². The fourth-order valence-corrected chi connectivity index (χ4v) is 2.40. The molecule has 0 spiro atoms. The van der Waals surface area contributed by atoms with Crippen LogP contribution in [0.4, 0.5) is 11.9 Å². The van der Waals surface area contributed by atoms with Crippen LogP contribution in [0.15, 0.2) is 11.5 Å². The lowest BCUT2D eigenvalue weighted by Gasteiger charge is -2.08. The summed E-state index contributed by atoms with van der Waals surface area (Å²) in [6, 6.07) is 0.427. The smallest absolute Gasteiger partial charge is 0.316 e. The van der Waals surface area contributed by atoms with E-state index in [1.807, 2.05) is 6.92 Å². The van der Waals surface area contributed by atoms with Gasteiger partial charge in [0.2, 0.25) is 17.1 Å². The molecule has 0 bridgehead atoms. The van der Waals surface area contributed by atoms with Gasteiger partial charge in [0.05, 0.1) is 12.9 Å². The third kappa shape index (κ3) is 4.31. The summed E-state index contributed by atoms with van der Waals surface area (Å²) < 4.78 is 6.05. The van der Waals surface area contributed by atoms with Crippen LogP contribution < -0.4 is 10.6 Å². The van der Waals surface area contributed by atoms with Crippen molar-refractivity contribution in [1.29, 1.82) is 0 Å². The summed E-state index contributed by atoms with van der Waals surface area (Å²) in [6.07, 6.45) is 3.75. The molecule has 0 amide bonds. The Balaban J connectivity index is 1.78. The van der Waals surface area contributed by atoms with Crippen LogP contribution in [0.1, 0.15) is 19.8 Å². The number of thioether (sulfide) groups is 1. The second-order valence-electron chi connectivity index (χ2n) is 5.07. The average Bonchev–Trinajstić information content (AvgIpc) is 3.26. The van der Waals surface area contributed by atoms with Crippen molar-refractivity contribution in [1.82, 2.24) is 29.7 Å². The predicted octanol–water partition coefficient (Wildman–Crippen LogP) is 0.723. The molecule has 1 saturated carbocycles. The molecular formula is C13H18N8O2S. The maximum absolute atomic E-state index is 11.2. The number of methoxy groups -OCH3 is 1. The molecule has 2 aromatic heterocycles. The van der Waals surface area contributed by atoms with Crippen LogP contribution in [0.3, 0.4) is 0 Å². The van der Waals surface area contributed by atoms with E-state index in [2.05, 4.69) is 40.4 Å². The highest BCUT2D eigenvalue weighted by Crippen LogP contribution is 2.23. The fourth-order valence-electron chi connectivity index (χ4n) is 1.77. The van der Waals surface area contributed by atoms with Gasteiger partial charge in [-0.15, -0.1) is 5.10 Å². The molecule has 2 heterocycles. The van der Waals surface area contributed by atoms with Crippen molar-refractivity contribution in [3.8, 4) is 5.95 Å². The van der Waals surface area contributed by atoms with E-state index in [1.165, 1.54) is 29.9 Å². The molecule has 24 heavy (non-hydrogen) atoms. The Bertz CT molecular complexity index is 718. The summed E-state index contributed by atoms with van der Waals surface area (Å²) in [7, 11) is 1.34. The number of rotatable bonds is 8. The third-order valence-corrected chi connectivity index (χ3v) is 3.92. The molecule has 2 aromatic rings. The molecular weight excluding hydrogens is 332 g/mol. The van der Waals surface area contributed by atoms with E-state index >= 15 is 0 Å². The molecule has 0 radical (unpaired) electrons. The number of nitrogens with zero attached hydrogens (tertiary/aromatic N) is 6. The third-order valence-electron chi connectivity index (χ3n) is 3.09. The zero-order valence-electron chi connectivity index (χ0n) is 13.4. The monoisotopic (exact) mass is 350 g/mol. The number of nitrogens with one attached hydrogen (secondary N) is 2.